The van der Waals surface area contributed by atoms with Gasteiger partial charge in [-0.2, -0.15) is 0 Å². The molecule has 3 aromatic rings. The number of rotatable bonds is 9. The number of methoxy groups -OCH3 is 4. The predicted molar refractivity (Wildman–Crippen MR) is 124 cm³/mol. The number of carbonyl (C=O) groups excluding carboxylic acids is 1. The summed E-state index contributed by atoms with van der Waals surface area (Å²) in [4.78, 5) is 12.9. The number of sulfonamides is 1. The third-order valence-corrected chi connectivity index (χ3v) is 6.12. The summed E-state index contributed by atoms with van der Waals surface area (Å²) in [7, 11) is 1.67. The van der Waals surface area contributed by atoms with Gasteiger partial charge in [-0.25, -0.2) is 8.42 Å². The van der Waals surface area contributed by atoms with Crippen LogP contribution < -0.4 is 29.0 Å². The first-order valence-corrected chi connectivity index (χ1v) is 11.2. The summed E-state index contributed by atoms with van der Waals surface area (Å²) in [6.07, 6.45) is 0. The van der Waals surface area contributed by atoms with Crippen molar-refractivity contribution in [2.45, 2.75) is 4.90 Å². The van der Waals surface area contributed by atoms with Crippen molar-refractivity contribution in [3.05, 3.63) is 66.2 Å². The van der Waals surface area contributed by atoms with E-state index < -0.39 is 15.9 Å². The van der Waals surface area contributed by atoms with Crippen LogP contribution in [0.5, 0.6) is 23.0 Å². The van der Waals surface area contributed by atoms with Crippen LogP contribution in [-0.2, 0) is 10.0 Å². The van der Waals surface area contributed by atoms with E-state index in [1.165, 1.54) is 52.7 Å². The lowest BCUT2D eigenvalue weighted by molar-refractivity contribution is 0.102. The summed E-state index contributed by atoms with van der Waals surface area (Å²) in [5.41, 5.74) is 0.601. The first kappa shape index (κ1) is 23.7. The van der Waals surface area contributed by atoms with E-state index >= 15 is 0 Å². The Morgan fingerprint density at radius 2 is 1.36 bits per heavy atom. The summed E-state index contributed by atoms with van der Waals surface area (Å²) in [5, 5.41) is 2.74. The molecular formula is C23H24N2O7S. The maximum Gasteiger partial charge on any atom is 0.265 e. The second kappa shape index (κ2) is 10.1. The van der Waals surface area contributed by atoms with E-state index in [0.29, 0.717) is 22.9 Å². The van der Waals surface area contributed by atoms with E-state index in [1.54, 1.807) is 36.4 Å². The number of anilines is 2. The highest BCUT2D eigenvalue weighted by atomic mass is 32.2. The van der Waals surface area contributed by atoms with Crippen LogP contribution >= 0.6 is 0 Å². The number of hydrogen-bond acceptors (Lipinski definition) is 7. The zero-order valence-electron chi connectivity index (χ0n) is 18.5. The van der Waals surface area contributed by atoms with Gasteiger partial charge in [0.05, 0.1) is 45.4 Å². The zero-order valence-corrected chi connectivity index (χ0v) is 19.4. The standard InChI is InChI=1S/C23H24N2O7S/c1-29-15-9-11-19(21(13-15)32-4)24-23(26)17-7-5-6-8-18(17)25-33(27,28)22-14-16(30-2)10-12-20(22)31-3/h5-14,25H,1-4H3,(H,24,26). The van der Waals surface area contributed by atoms with Crippen molar-refractivity contribution in [3.8, 4) is 23.0 Å². The lowest BCUT2D eigenvalue weighted by Crippen LogP contribution is -2.19. The number of benzene rings is 3. The van der Waals surface area contributed by atoms with Crippen molar-refractivity contribution in [1.29, 1.82) is 0 Å². The number of carbonyl (C=O) groups is 1. The van der Waals surface area contributed by atoms with Crippen LogP contribution in [-0.4, -0.2) is 42.8 Å². The van der Waals surface area contributed by atoms with E-state index in [-0.39, 0.29) is 21.9 Å². The second-order valence-electron chi connectivity index (χ2n) is 6.69. The Balaban J connectivity index is 1.93. The van der Waals surface area contributed by atoms with Crippen molar-refractivity contribution in [1.82, 2.24) is 0 Å². The third-order valence-electron chi connectivity index (χ3n) is 4.73. The molecule has 0 aliphatic rings. The van der Waals surface area contributed by atoms with Crippen molar-refractivity contribution >= 4 is 27.3 Å². The molecule has 9 nitrogen and oxygen atoms in total. The first-order chi connectivity index (χ1) is 15.8. The van der Waals surface area contributed by atoms with Crippen molar-refractivity contribution in [2.24, 2.45) is 0 Å². The molecule has 2 N–H and O–H groups in total. The van der Waals surface area contributed by atoms with Crippen LogP contribution in [0, 0.1) is 0 Å². The minimum absolute atomic E-state index is 0.0901. The SMILES string of the molecule is COc1ccc(NC(=O)c2ccccc2NS(=O)(=O)c2cc(OC)ccc2OC)c(OC)c1. The zero-order chi connectivity index (χ0) is 24.0. The van der Waals surface area contributed by atoms with Crippen LogP contribution in [0.4, 0.5) is 11.4 Å². The molecule has 0 fully saturated rings. The maximum atomic E-state index is 13.1. The number of nitrogens with one attached hydrogen (secondary N) is 2. The fourth-order valence-corrected chi connectivity index (χ4v) is 4.32. The van der Waals surface area contributed by atoms with Gasteiger partial charge in [0, 0.05) is 12.1 Å². The van der Waals surface area contributed by atoms with Crippen molar-refractivity contribution in [2.75, 3.05) is 38.5 Å². The Labute approximate surface area is 192 Å². The Bertz CT molecular complexity index is 1260. The molecule has 3 rings (SSSR count). The normalized spacial score (nSPS) is 10.8. The van der Waals surface area contributed by atoms with Gasteiger partial charge >= 0.3 is 0 Å². The molecule has 33 heavy (non-hydrogen) atoms. The maximum absolute atomic E-state index is 13.1. The molecule has 0 aromatic heterocycles. The van der Waals surface area contributed by atoms with Gasteiger partial charge in [0.1, 0.15) is 27.9 Å². The van der Waals surface area contributed by atoms with Crippen LogP contribution in [0.15, 0.2) is 65.6 Å². The summed E-state index contributed by atoms with van der Waals surface area (Å²) < 4.78 is 49.5. The van der Waals surface area contributed by atoms with Crippen molar-refractivity contribution in [3.63, 3.8) is 0 Å². The van der Waals surface area contributed by atoms with Gasteiger partial charge in [0.2, 0.25) is 0 Å². The Hall–Kier alpha value is -3.92. The fourth-order valence-electron chi connectivity index (χ4n) is 3.06. The number of hydrogen-bond donors (Lipinski definition) is 2. The average Bonchev–Trinajstić information content (AvgIpc) is 2.83. The molecular weight excluding hydrogens is 448 g/mol. The molecule has 0 bridgehead atoms. The largest absolute Gasteiger partial charge is 0.497 e. The van der Waals surface area contributed by atoms with Gasteiger partial charge in [0.15, 0.2) is 0 Å². The molecule has 3 aromatic carbocycles. The van der Waals surface area contributed by atoms with Gasteiger partial charge < -0.3 is 24.3 Å². The minimum Gasteiger partial charge on any atom is -0.497 e. The average molecular weight is 473 g/mol. The van der Waals surface area contributed by atoms with Crippen LogP contribution in [0.3, 0.4) is 0 Å². The molecule has 1 amide bonds. The highest BCUT2D eigenvalue weighted by Gasteiger charge is 2.23. The minimum atomic E-state index is -4.12. The van der Waals surface area contributed by atoms with Gasteiger partial charge in [-0.05, 0) is 36.4 Å². The highest BCUT2D eigenvalue weighted by molar-refractivity contribution is 7.92. The van der Waals surface area contributed by atoms with Gasteiger partial charge in [0.25, 0.3) is 15.9 Å². The lowest BCUT2D eigenvalue weighted by Gasteiger charge is -2.16. The summed E-state index contributed by atoms with van der Waals surface area (Å²) >= 11 is 0. The van der Waals surface area contributed by atoms with Crippen LogP contribution in [0.25, 0.3) is 0 Å². The molecule has 0 saturated heterocycles. The van der Waals surface area contributed by atoms with E-state index in [2.05, 4.69) is 10.0 Å². The van der Waals surface area contributed by atoms with Gasteiger partial charge in [-0.3, -0.25) is 9.52 Å². The quantitative estimate of drug-likeness (QED) is 0.487. The van der Waals surface area contributed by atoms with Gasteiger partial charge in [-0.15, -0.1) is 0 Å². The summed E-state index contributed by atoms with van der Waals surface area (Å²) in [6, 6.07) is 15.6. The second-order valence-corrected chi connectivity index (χ2v) is 8.34. The molecule has 174 valence electrons. The predicted octanol–water partition coefficient (Wildman–Crippen LogP) is 3.77. The molecule has 0 aliphatic carbocycles. The van der Waals surface area contributed by atoms with Gasteiger partial charge in [-0.1, -0.05) is 12.1 Å². The van der Waals surface area contributed by atoms with E-state index in [0.717, 1.165) is 0 Å². The molecule has 0 radical (unpaired) electrons. The summed E-state index contributed by atoms with van der Waals surface area (Å²) in [5.74, 6) is 0.892. The molecule has 0 aliphatic heterocycles. The molecule has 0 heterocycles. The van der Waals surface area contributed by atoms with E-state index in [4.69, 9.17) is 18.9 Å². The van der Waals surface area contributed by atoms with Crippen molar-refractivity contribution < 1.29 is 32.2 Å². The lowest BCUT2D eigenvalue weighted by atomic mass is 10.1. The molecule has 0 unspecified atom stereocenters. The topological polar surface area (TPSA) is 112 Å². The molecule has 0 atom stereocenters. The fraction of sp³-hybridized carbons (Fsp3) is 0.174. The van der Waals surface area contributed by atoms with E-state index in [1.807, 2.05) is 0 Å². The van der Waals surface area contributed by atoms with Crippen LogP contribution in [0.1, 0.15) is 10.4 Å². The third kappa shape index (κ3) is 5.29. The monoisotopic (exact) mass is 472 g/mol. The molecule has 0 spiro atoms. The molecule has 10 heteroatoms. The first-order valence-electron chi connectivity index (χ1n) is 9.70. The highest BCUT2D eigenvalue weighted by Crippen LogP contribution is 2.32. The smallest absolute Gasteiger partial charge is 0.265 e. The van der Waals surface area contributed by atoms with E-state index in [9.17, 15) is 13.2 Å². The number of ether oxygens (including phenoxy) is 4. The number of amides is 1. The molecule has 0 saturated carbocycles. The summed E-state index contributed by atoms with van der Waals surface area (Å²) in [6.45, 7) is 0. The Morgan fingerprint density at radius 3 is 2.03 bits per heavy atom. The Kier molecular flexibility index (Phi) is 7.29. The van der Waals surface area contributed by atoms with Crippen LogP contribution in [0.2, 0.25) is 0 Å². The number of para-hydroxylation sites is 1. The Morgan fingerprint density at radius 1 is 0.727 bits per heavy atom.